The van der Waals surface area contributed by atoms with Crippen LogP contribution in [0.25, 0.3) is 0 Å². The molecule has 4 heterocycles. The molecule has 0 amide bonds. The molecule has 0 bridgehead atoms. The summed E-state index contributed by atoms with van der Waals surface area (Å²) in [5.74, 6) is 0.570. The van der Waals surface area contributed by atoms with E-state index in [0.29, 0.717) is 36.8 Å². The second kappa shape index (κ2) is 6.53. The van der Waals surface area contributed by atoms with Crippen LogP contribution in [0.2, 0.25) is 0 Å². The van der Waals surface area contributed by atoms with Crippen LogP contribution in [0.1, 0.15) is 41.0 Å². The molecule has 0 aliphatic carbocycles. The lowest BCUT2D eigenvalue weighted by atomic mass is 9.55. The number of aliphatic imine (C=N–C) groups is 1. The molecule has 5 rings (SSSR count). The minimum absolute atomic E-state index is 0.136. The van der Waals surface area contributed by atoms with Gasteiger partial charge in [-0.15, -0.1) is 0 Å². The Balaban J connectivity index is 1.54. The maximum absolute atomic E-state index is 12.8. The largest absolute Gasteiger partial charge is 0.487 e. The Kier molecular flexibility index (Phi) is 4.11. The maximum atomic E-state index is 12.8. The smallest absolute Gasteiger partial charge is 0.283 e. The third-order valence-corrected chi connectivity index (χ3v) is 6.77. The summed E-state index contributed by atoms with van der Waals surface area (Å²) in [6, 6.07) is 11.0. The number of ketones is 1. The zero-order valence-corrected chi connectivity index (χ0v) is 17.3. The number of amidine groups is 1. The first-order valence-corrected chi connectivity index (χ1v) is 10.1. The lowest BCUT2D eigenvalue weighted by Crippen LogP contribution is -2.71. The fourth-order valence-corrected chi connectivity index (χ4v) is 4.84. The number of nitrogens with zero attached hydrogens (tertiary/aromatic N) is 3. The number of carbonyl (C=O) groups excluding carboxylic acids is 1. The summed E-state index contributed by atoms with van der Waals surface area (Å²) < 4.78 is 17.7. The van der Waals surface area contributed by atoms with Crippen LogP contribution in [0, 0.1) is 16.7 Å². The Morgan fingerprint density at radius 1 is 1.23 bits per heavy atom. The molecule has 1 aromatic carbocycles. The molecule has 0 saturated carbocycles. The highest BCUT2D eigenvalue weighted by atomic mass is 16.5. The molecule has 1 atom stereocenters. The highest BCUT2D eigenvalue weighted by Gasteiger charge is 2.71. The number of Topliss-reactive ketones (excluding diaryl/α,β-unsaturated/α-hetero) is 1. The molecule has 2 spiro atoms. The average molecular weight is 418 g/mol. The van der Waals surface area contributed by atoms with Gasteiger partial charge in [0.05, 0.1) is 24.2 Å². The van der Waals surface area contributed by atoms with Gasteiger partial charge in [-0.25, -0.2) is 4.99 Å². The summed E-state index contributed by atoms with van der Waals surface area (Å²) in [4.78, 5) is 21.7. The fraction of sp³-hybridized carbons (Fsp3) is 0.391. The van der Waals surface area contributed by atoms with E-state index < -0.39 is 16.6 Å². The third kappa shape index (κ3) is 2.66. The number of rotatable bonds is 3. The van der Waals surface area contributed by atoms with Crippen LogP contribution in [0.3, 0.4) is 0 Å². The highest BCUT2D eigenvalue weighted by Crippen LogP contribution is 2.62. The van der Waals surface area contributed by atoms with Gasteiger partial charge < -0.3 is 19.9 Å². The molecular weight excluding hydrogens is 396 g/mol. The number of hydrogen-bond donors (Lipinski definition) is 1. The monoisotopic (exact) mass is 418 g/mol. The second-order valence-electron chi connectivity index (χ2n) is 8.76. The van der Waals surface area contributed by atoms with Crippen molar-refractivity contribution in [1.29, 1.82) is 5.26 Å². The maximum Gasteiger partial charge on any atom is 0.283 e. The van der Waals surface area contributed by atoms with Crippen molar-refractivity contribution in [2.24, 2.45) is 16.1 Å². The van der Waals surface area contributed by atoms with E-state index in [-0.39, 0.29) is 18.2 Å². The van der Waals surface area contributed by atoms with Gasteiger partial charge in [-0.1, -0.05) is 6.07 Å². The molecule has 3 aliphatic rings. The zero-order valence-electron chi connectivity index (χ0n) is 17.3. The number of hydrogen-bond acceptors (Lipinski definition) is 8. The number of ether oxygens (including phenoxy) is 3. The Morgan fingerprint density at radius 2 is 2.03 bits per heavy atom. The van der Waals surface area contributed by atoms with Gasteiger partial charge in [0.15, 0.2) is 5.78 Å². The zero-order chi connectivity index (χ0) is 21.9. The van der Waals surface area contributed by atoms with Crippen LogP contribution in [0.5, 0.6) is 5.75 Å². The molecule has 1 fully saturated rings. The van der Waals surface area contributed by atoms with E-state index in [1.165, 1.54) is 6.20 Å². The number of nitriles is 1. The van der Waals surface area contributed by atoms with Crippen LogP contribution in [0.4, 0.5) is 0 Å². The normalized spacial score (nSPS) is 24.4. The Hall–Kier alpha value is -3.44. The van der Waals surface area contributed by atoms with Crippen molar-refractivity contribution in [1.82, 2.24) is 4.98 Å². The van der Waals surface area contributed by atoms with Gasteiger partial charge in [0.25, 0.3) is 6.02 Å². The van der Waals surface area contributed by atoms with Gasteiger partial charge in [-0.05, 0) is 43.7 Å². The van der Waals surface area contributed by atoms with E-state index >= 15 is 0 Å². The first kappa shape index (κ1) is 19.5. The molecule has 31 heavy (non-hydrogen) atoms. The Bertz CT molecular complexity index is 1150. The lowest BCUT2D eigenvalue weighted by molar-refractivity contribution is -0.247. The van der Waals surface area contributed by atoms with E-state index in [0.717, 1.165) is 11.1 Å². The van der Waals surface area contributed by atoms with Crippen molar-refractivity contribution < 1.29 is 19.0 Å². The summed E-state index contributed by atoms with van der Waals surface area (Å²) in [7, 11) is 0. The average Bonchev–Trinajstić information content (AvgIpc) is 3.09. The first-order chi connectivity index (χ1) is 14.8. The van der Waals surface area contributed by atoms with Gasteiger partial charge in [0, 0.05) is 18.2 Å². The standard InChI is InChI=1S/C23H22N4O4/c1-21(2)22(11-29-12-22)23(13-30-20(25)27-23)16-7-14(4-6-19(16)31-21)8-18(28)17-5-3-15(9-24)10-26-17/h3-7,10H,8,11-13H2,1-2H3,(H2,25,27). The van der Waals surface area contributed by atoms with Crippen molar-refractivity contribution in [3.63, 3.8) is 0 Å². The molecule has 1 unspecified atom stereocenters. The topological polar surface area (TPSA) is 120 Å². The second-order valence-corrected chi connectivity index (χ2v) is 8.76. The predicted octanol–water partition coefficient (Wildman–Crippen LogP) is 2.11. The minimum Gasteiger partial charge on any atom is -0.487 e. The van der Waals surface area contributed by atoms with Gasteiger partial charge in [-0.2, -0.15) is 5.26 Å². The highest BCUT2D eigenvalue weighted by molar-refractivity contribution is 5.95. The van der Waals surface area contributed by atoms with Gasteiger partial charge in [-0.3, -0.25) is 9.78 Å². The van der Waals surface area contributed by atoms with Crippen molar-refractivity contribution >= 4 is 11.8 Å². The Morgan fingerprint density at radius 3 is 2.61 bits per heavy atom. The molecule has 2 N–H and O–H groups in total. The minimum atomic E-state index is -0.738. The van der Waals surface area contributed by atoms with Crippen molar-refractivity contribution in [3.05, 3.63) is 58.9 Å². The van der Waals surface area contributed by atoms with E-state index in [1.807, 2.05) is 38.1 Å². The van der Waals surface area contributed by atoms with Crippen LogP contribution in [-0.4, -0.2) is 42.2 Å². The quantitative estimate of drug-likeness (QED) is 0.758. The van der Waals surface area contributed by atoms with E-state index in [9.17, 15) is 4.79 Å². The Labute approximate surface area is 179 Å². The molecule has 1 aromatic heterocycles. The third-order valence-electron chi connectivity index (χ3n) is 6.77. The molecule has 8 heteroatoms. The number of benzene rings is 1. The summed E-state index contributed by atoms with van der Waals surface area (Å²) in [5.41, 5.74) is 6.66. The summed E-state index contributed by atoms with van der Waals surface area (Å²) in [5, 5.41) is 8.91. The van der Waals surface area contributed by atoms with E-state index in [1.54, 1.807) is 12.1 Å². The van der Waals surface area contributed by atoms with Crippen LogP contribution in [-0.2, 0) is 21.4 Å². The van der Waals surface area contributed by atoms with Gasteiger partial charge >= 0.3 is 0 Å². The molecule has 2 aromatic rings. The SMILES string of the molecule is CC1(C)Oc2ccc(CC(=O)c3ccc(C#N)cn3)cc2C2(COC(N)=N2)C12COC2. The number of fused-ring (bicyclic) bond motifs is 3. The first-order valence-electron chi connectivity index (χ1n) is 10.1. The predicted molar refractivity (Wildman–Crippen MR) is 111 cm³/mol. The molecule has 8 nitrogen and oxygen atoms in total. The number of carbonyl (C=O) groups is 1. The van der Waals surface area contributed by atoms with Crippen LogP contribution < -0.4 is 10.5 Å². The van der Waals surface area contributed by atoms with Crippen molar-refractivity contribution in [3.8, 4) is 11.8 Å². The number of nitrogens with two attached hydrogens (primary N) is 1. The number of aromatic nitrogens is 1. The molecular formula is C23H22N4O4. The molecule has 1 saturated heterocycles. The van der Waals surface area contributed by atoms with E-state index in [4.69, 9.17) is 30.2 Å². The summed E-state index contributed by atoms with van der Waals surface area (Å²) in [6.45, 7) is 5.35. The van der Waals surface area contributed by atoms with Gasteiger partial charge in [0.1, 0.15) is 35.3 Å². The van der Waals surface area contributed by atoms with Crippen LogP contribution >= 0.6 is 0 Å². The van der Waals surface area contributed by atoms with Crippen molar-refractivity contribution in [2.45, 2.75) is 31.4 Å². The van der Waals surface area contributed by atoms with E-state index in [2.05, 4.69) is 4.98 Å². The summed E-state index contributed by atoms with van der Waals surface area (Å²) >= 11 is 0. The van der Waals surface area contributed by atoms with Crippen LogP contribution in [0.15, 0.2) is 41.5 Å². The molecule has 3 aliphatic heterocycles. The fourth-order valence-electron chi connectivity index (χ4n) is 4.84. The number of pyridine rings is 1. The summed E-state index contributed by atoms with van der Waals surface area (Å²) in [6.07, 6.45) is 1.56. The lowest BCUT2D eigenvalue weighted by Gasteiger charge is -2.61. The molecule has 0 radical (unpaired) electrons. The van der Waals surface area contributed by atoms with Gasteiger partial charge in [0.2, 0.25) is 0 Å². The molecule has 158 valence electrons. The van der Waals surface area contributed by atoms with Crippen molar-refractivity contribution in [2.75, 3.05) is 19.8 Å².